The number of fused-ring (bicyclic) bond motifs is 3. The summed E-state index contributed by atoms with van der Waals surface area (Å²) >= 11 is 0. The van der Waals surface area contributed by atoms with E-state index >= 15 is 0 Å². The van der Waals surface area contributed by atoms with Gasteiger partial charge >= 0.3 is 0 Å². The van der Waals surface area contributed by atoms with E-state index in [0.717, 1.165) is 38.5 Å². The Balaban J connectivity index is 2.01. The van der Waals surface area contributed by atoms with E-state index in [0.29, 0.717) is 18.3 Å². The summed E-state index contributed by atoms with van der Waals surface area (Å²) in [4.78, 5) is 0. The van der Waals surface area contributed by atoms with Gasteiger partial charge in [-0.05, 0) is 73.5 Å². The Hall–Kier alpha value is -0.160. The highest BCUT2D eigenvalue weighted by Crippen LogP contribution is 2.69. The minimum atomic E-state index is -0.972. The normalized spacial score (nSPS) is 56.6. The molecule has 3 saturated carbocycles. The lowest BCUT2D eigenvalue weighted by molar-refractivity contribution is -0.206. The molecule has 3 fully saturated rings. The van der Waals surface area contributed by atoms with Crippen molar-refractivity contribution >= 4 is 0 Å². The van der Waals surface area contributed by atoms with Crippen molar-refractivity contribution in [3.63, 3.8) is 0 Å². The van der Waals surface area contributed by atoms with Crippen molar-refractivity contribution in [1.82, 2.24) is 0 Å². The molecule has 0 unspecified atom stereocenters. The lowest BCUT2D eigenvalue weighted by Gasteiger charge is -2.66. The number of aliphatic hydroxyl groups excluding tert-OH is 3. The van der Waals surface area contributed by atoms with Crippen LogP contribution in [0.3, 0.4) is 0 Å². The standard InChI is InChI=1S/C21H38O4/c1-14-11-15-5-6-16-18(2,12-22)17(24)7-8-20(16,4)19(15,3)9-10-21(14,25)13-23/h14-17,22-25H,5-13H2,1-4H3/t14-,15-,16-,17+,18-,19+,20-,21-/m0/s1. The van der Waals surface area contributed by atoms with Gasteiger partial charge in [-0.2, -0.15) is 0 Å². The third kappa shape index (κ3) is 2.55. The highest BCUT2D eigenvalue weighted by Gasteiger charge is 2.64. The molecule has 146 valence electrons. The van der Waals surface area contributed by atoms with Gasteiger partial charge in [0, 0.05) is 5.41 Å². The average Bonchev–Trinajstić information content (AvgIpc) is 2.69. The van der Waals surface area contributed by atoms with Gasteiger partial charge in [0.05, 0.1) is 24.9 Å². The number of hydrogen-bond acceptors (Lipinski definition) is 4. The molecule has 0 spiro atoms. The maximum atomic E-state index is 10.9. The van der Waals surface area contributed by atoms with E-state index in [4.69, 9.17) is 0 Å². The first-order chi connectivity index (χ1) is 11.6. The number of aliphatic hydroxyl groups is 4. The molecule has 4 N–H and O–H groups in total. The monoisotopic (exact) mass is 354 g/mol. The van der Waals surface area contributed by atoms with Crippen LogP contribution >= 0.6 is 0 Å². The van der Waals surface area contributed by atoms with Crippen molar-refractivity contribution < 1.29 is 20.4 Å². The van der Waals surface area contributed by atoms with Crippen molar-refractivity contribution in [3.05, 3.63) is 0 Å². The highest BCUT2D eigenvalue weighted by molar-refractivity contribution is 5.13. The van der Waals surface area contributed by atoms with Crippen LogP contribution < -0.4 is 0 Å². The molecular formula is C21H38O4. The Labute approximate surface area is 152 Å². The lowest BCUT2D eigenvalue weighted by atomic mass is 9.39. The fraction of sp³-hybridized carbons (Fsp3) is 1.00. The molecule has 0 aromatic carbocycles. The van der Waals surface area contributed by atoms with Gasteiger partial charge < -0.3 is 20.4 Å². The second-order valence-corrected chi connectivity index (χ2v) is 10.3. The summed E-state index contributed by atoms with van der Waals surface area (Å²) in [5.74, 6) is 0.927. The van der Waals surface area contributed by atoms with Crippen LogP contribution in [0.4, 0.5) is 0 Å². The summed E-state index contributed by atoms with van der Waals surface area (Å²) in [5, 5.41) is 41.5. The molecule has 3 aliphatic carbocycles. The fourth-order valence-electron chi connectivity index (χ4n) is 7.07. The summed E-state index contributed by atoms with van der Waals surface area (Å²) < 4.78 is 0. The van der Waals surface area contributed by atoms with Crippen molar-refractivity contribution in [1.29, 1.82) is 0 Å². The second kappa shape index (κ2) is 6.19. The third-order valence-electron chi connectivity index (χ3n) is 9.52. The van der Waals surface area contributed by atoms with Gasteiger partial charge in [-0.15, -0.1) is 0 Å². The Kier molecular flexibility index (Phi) is 4.85. The Bertz CT molecular complexity index is 510. The first-order valence-electron chi connectivity index (χ1n) is 10.2. The molecule has 0 aromatic heterocycles. The molecule has 0 saturated heterocycles. The van der Waals surface area contributed by atoms with Crippen molar-refractivity contribution in [2.45, 2.75) is 84.3 Å². The molecule has 8 atom stereocenters. The molecule has 4 nitrogen and oxygen atoms in total. The molecule has 0 aliphatic heterocycles. The third-order valence-corrected chi connectivity index (χ3v) is 9.52. The quantitative estimate of drug-likeness (QED) is 0.615. The lowest BCUT2D eigenvalue weighted by Crippen LogP contribution is -2.62. The largest absolute Gasteiger partial charge is 0.396 e. The van der Waals surface area contributed by atoms with Crippen molar-refractivity contribution in [2.75, 3.05) is 13.2 Å². The smallest absolute Gasteiger partial charge is 0.0903 e. The number of hydrogen-bond donors (Lipinski definition) is 4. The van der Waals surface area contributed by atoms with Gasteiger partial charge in [-0.25, -0.2) is 0 Å². The van der Waals surface area contributed by atoms with E-state index in [1.54, 1.807) is 0 Å². The van der Waals surface area contributed by atoms with Gasteiger partial charge in [0.15, 0.2) is 0 Å². The van der Waals surface area contributed by atoms with E-state index in [-0.39, 0.29) is 30.0 Å². The van der Waals surface area contributed by atoms with Crippen molar-refractivity contribution in [2.24, 2.45) is 34.0 Å². The van der Waals surface area contributed by atoms with Gasteiger partial charge in [0.1, 0.15) is 0 Å². The molecule has 25 heavy (non-hydrogen) atoms. The SMILES string of the molecule is C[C@H]1C[C@@H]2CC[C@H]3[C@](C)(CO)[C@H](O)CC[C@]3(C)[C@]2(C)CC[C@]1(O)CO. The molecule has 0 amide bonds. The molecule has 0 radical (unpaired) electrons. The summed E-state index contributed by atoms with van der Waals surface area (Å²) in [6, 6.07) is 0. The summed E-state index contributed by atoms with van der Waals surface area (Å²) in [7, 11) is 0. The van der Waals surface area contributed by atoms with E-state index in [1.807, 2.05) is 0 Å². The second-order valence-electron chi connectivity index (χ2n) is 10.3. The first-order valence-corrected chi connectivity index (χ1v) is 10.2. The average molecular weight is 355 g/mol. The zero-order chi connectivity index (χ0) is 18.7. The van der Waals surface area contributed by atoms with Crippen LogP contribution in [0.1, 0.15) is 72.6 Å². The van der Waals surface area contributed by atoms with Crippen LogP contribution in [0.5, 0.6) is 0 Å². The van der Waals surface area contributed by atoms with E-state index < -0.39 is 17.1 Å². The zero-order valence-corrected chi connectivity index (χ0v) is 16.5. The van der Waals surface area contributed by atoms with Gasteiger partial charge in [-0.3, -0.25) is 0 Å². The van der Waals surface area contributed by atoms with E-state index in [1.165, 1.54) is 0 Å². The maximum Gasteiger partial charge on any atom is 0.0903 e. The zero-order valence-electron chi connectivity index (χ0n) is 16.5. The summed E-state index contributed by atoms with van der Waals surface area (Å²) in [5.41, 5.74) is -1.29. The summed E-state index contributed by atoms with van der Waals surface area (Å²) in [6.45, 7) is 8.77. The predicted molar refractivity (Wildman–Crippen MR) is 97.9 cm³/mol. The van der Waals surface area contributed by atoms with Crippen molar-refractivity contribution in [3.8, 4) is 0 Å². The topological polar surface area (TPSA) is 80.9 Å². The van der Waals surface area contributed by atoms with E-state index in [9.17, 15) is 20.4 Å². The molecule has 3 aliphatic rings. The molecule has 0 bridgehead atoms. The molecule has 0 aromatic rings. The Morgan fingerprint density at radius 3 is 2.16 bits per heavy atom. The van der Waals surface area contributed by atoms with Crippen LogP contribution in [0.25, 0.3) is 0 Å². The summed E-state index contributed by atoms with van der Waals surface area (Å²) in [6.07, 6.45) is 5.91. The number of rotatable bonds is 2. The van der Waals surface area contributed by atoms with Gasteiger partial charge in [-0.1, -0.05) is 27.7 Å². The minimum Gasteiger partial charge on any atom is -0.396 e. The molecule has 0 heterocycles. The predicted octanol–water partition coefficient (Wildman–Crippen LogP) is 2.72. The van der Waals surface area contributed by atoms with E-state index in [2.05, 4.69) is 27.7 Å². The van der Waals surface area contributed by atoms with Crippen LogP contribution in [0.2, 0.25) is 0 Å². The van der Waals surface area contributed by atoms with Gasteiger partial charge in [0.2, 0.25) is 0 Å². The Morgan fingerprint density at radius 2 is 1.56 bits per heavy atom. The maximum absolute atomic E-state index is 10.9. The minimum absolute atomic E-state index is 0.0339. The van der Waals surface area contributed by atoms with Crippen LogP contribution in [-0.2, 0) is 0 Å². The molecule has 3 rings (SSSR count). The van der Waals surface area contributed by atoms with Crippen LogP contribution in [0, 0.1) is 34.0 Å². The van der Waals surface area contributed by atoms with Crippen LogP contribution in [0.15, 0.2) is 0 Å². The first kappa shape index (κ1) is 19.6. The Morgan fingerprint density at radius 1 is 0.880 bits per heavy atom. The highest BCUT2D eigenvalue weighted by atomic mass is 16.3. The fourth-order valence-corrected chi connectivity index (χ4v) is 7.07. The molecular weight excluding hydrogens is 316 g/mol. The van der Waals surface area contributed by atoms with Gasteiger partial charge in [0.25, 0.3) is 0 Å². The van der Waals surface area contributed by atoms with Crippen LogP contribution in [-0.4, -0.2) is 45.3 Å². The molecule has 4 heteroatoms.